The summed E-state index contributed by atoms with van der Waals surface area (Å²) in [4.78, 5) is 10.9. The van der Waals surface area contributed by atoms with Crippen LogP contribution in [-0.4, -0.2) is 16.2 Å². The molecule has 0 aromatic heterocycles. The first-order valence-corrected chi connectivity index (χ1v) is 7.47. The average Bonchev–Trinajstić information content (AvgIpc) is 2.59. The van der Waals surface area contributed by atoms with Gasteiger partial charge >= 0.3 is 0 Å². The van der Waals surface area contributed by atoms with Crippen LogP contribution in [0.2, 0.25) is 0 Å². The molecule has 3 N–H and O–H groups in total. The molecule has 22 heavy (non-hydrogen) atoms. The Morgan fingerprint density at radius 2 is 1.59 bits per heavy atom. The number of hydrogen-bond acceptors (Lipinski definition) is 3. The molecule has 1 atom stereocenters. The van der Waals surface area contributed by atoms with Gasteiger partial charge in [0.25, 0.3) is 0 Å². The predicted octanol–water partition coefficient (Wildman–Crippen LogP) is 3.45. The number of amides is 1. The minimum absolute atomic E-state index is 0.274. The molecule has 0 spiro atoms. The molecule has 0 unspecified atom stereocenters. The number of rotatable bonds is 7. The van der Waals surface area contributed by atoms with Crippen molar-refractivity contribution in [2.75, 3.05) is 0 Å². The lowest BCUT2D eigenvalue weighted by atomic mass is 9.99. The molecule has 0 heterocycles. The number of aliphatic hydroxyl groups excluding tert-OH is 1. The Bertz CT molecular complexity index is 581. The van der Waals surface area contributed by atoms with Gasteiger partial charge in [-0.3, -0.25) is 10.0 Å². The molecule has 0 saturated carbocycles. The molecule has 0 radical (unpaired) electrons. The Labute approximate surface area is 130 Å². The van der Waals surface area contributed by atoms with E-state index in [1.54, 1.807) is 5.48 Å². The summed E-state index contributed by atoms with van der Waals surface area (Å²) in [5.41, 5.74) is 4.76. The Morgan fingerprint density at radius 1 is 0.955 bits per heavy atom. The van der Waals surface area contributed by atoms with E-state index < -0.39 is 6.10 Å². The molecule has 0 aliphatic carbocycles. The third-order valence-corrected chi connectivity index (χ3v) is 3.66. The first-order chi connectivity index (χ1) is 10.7. The summed E-state index contributed by atoms with van der Waals surface area (Å²) in [6, 6.07) is 18.0. The Kier molecular flexibility index (Phi) is 6.13. The van der Waals surface area contributed by atoms with Crippen molar-refractivity contribution >= 4 is 5.91 Å². The van der Waals surface area contributed by atoms with Gasteiger partial charge in [-0.15, -0.1) is 0 Å². The van der Waals surface area contributed by atoms with Gasteiger partial charge in [-0.05, 0) is 29.5 Å². The number of benzene rings is 2. The minimum Gasteiger partial charge on any atom is -0.388 e. The predicted molar refractivity (Wildman–Crippen MR) is 85.2 cm³/mol. The molecule has 0 aliphatic heterocycles. The molecule has 4 heteroatoms. The molecule has 4 nitrogen and oxygen atoms in total. The first kappa shape index (κ1) is 16.2. The van der Waals surface area contributed by atoms with Crippen molar-refractivity contribution in [3.8, 4) is 11.1 Å². The second-order valence-corrected chi connectivity index (χ2v) is 5.28. The number of carbonyl (C=O) groups is 1. The quantitative estimate of drug-likeness (QED) is 0.416. The molecule has 2 aromatic carbocycles. The highest BCUT2D eigenvalue weighted by molar-refractivity contribution is 5.74. The molecule has 0 fully saturated rings. The fourth-order valence-corrected chi connectivity index (χ4v) is 2.37. The van der Waals surface area contributed by atoms with E-state index >= 15 is 0 Å². The van der Waals surface area contributed by atoms with E-state index in [0.29, 0.717) is 12.8 Å². The monoisotopic (exact) mass is 299 g/mol. The smallest absolute Gasteiger partial charge is 0.243 e. The SMILES string of the molecule is O=C(CCCC[C@@H](O)c1ccc(-c2ccccc2)cc1)NO. The second-order valence-electron chi connectivity index (χ2n) is 5.28. The Balaban J connectivity index is 1.86. The summed E-state index contributed by atoms with van der Waals surface area (Å²) in [5, 5.41) is 18.5. The lowest BCUT2D eigenvalue weighted by Crippen LogP contribution is -2.17. The van der Waals surface area contributed by atoms with Crippen LogP contribution in [-0.2, 0) is 4.79 Å². The van der Waals surface area contributed by atoms with Crippen LogP contribution < -0.4 is 5.48 Å². The van der Waals surface area contributed by atoms with Gasteiger partial charge in [0.1, 0.15) is 0 Å². The fraction of sp³-hybridized carbons (Fsp3) is 0.278. The summed E-state index contributed by atoms with van der Waals surface area (Å²) in [7, 11) is 0. The number of carbonyl (C=O) groups excluding carboxylic acids is 1. The molecular formula is C18H21NO3. The van der Waals surface area contributed by atoms with Crippen LogP contribution in [0, 0.1) is 0 Å². The van der Waals surface area contributed by atoms with Gasteiger partial charge in [-0.1, -0.05) is 61.0 Å². The zero-order chi connectivity index (χ0) is 15.8. The topological polar surface area (TPSA) is 69.6 Å². The fourth-order valence-electron chi connectivity index (χ4n) is 2.37. The third kappa shape index (κ3) is 4.69. The lowest BCUT2D eigenvalue weighted by Gasteiger charge is -2.11. The maximum Gasteiger partial charge on any atom is 0.243 e. The van der Waals surface area contributed by atoms with Crippen LogP contribution in [0.15, 0.2) is 54.6 Å². The van der Waals surface area contributed by atoms with Crippen molar-refractivity contribution in [2.24, 2.45) is 0 Å². The molecule has 2 rings (SSSR count). The van der Waals surface area contributed by atoms with Crippen molar-refractivity contribution in [1.82, 2.24) is 5.48 Å². The lowest BCUT2D eigenvalue weighted by molar-refractivity contribution is -0.129. The number of hydrogen-bond donors (Lipinski definition) is 3. The van der Waals surface area contributed by atoms with Gasteiger partial charge < -0.3 is 5.11 Å². The second kappa shape index (κ2) is 8.32. The number of unbranched alkanes of at least 4 members (excludes halogenated alkanes) is 1. The molecule has 0 saturated heterocycles. The zero-order valence-electron chi connectivity index (χ0n) is 12.4. The van der Waals surface area contributed by atoms with Gasteiger partial charge in [-0.2, -0.15) is 0 Å². The molecule has 0 bridgehead atoms. The minimum atomic E-state index is -0.526. The highest BCUT2D eigenvalue weighted by Gasteiger charge is 2.08. The normalized spacial score (nSPS) is 11.9. The van der Waals surface area contributed by atoms with Crippen LogP contribution in [0.4, 0.5) is 0 Å². The highest BCUT2D eigenvalue weighted by atomic mass is 16.5. The maximum absolute atomic E-state index is 10.9. The van der Waals surface area contributed by atoms with Crippen molar-refractivity contribution in [3.05, 3.63) is 60.2 Å². The summed E-state index contributed by atoms with van der Waals surface area (Å²) in [5.74, 6) is -0.387. The molecular weight excluding hydrogens is 278 g/mol. The van der Waals surface area contributed by atoms with Gasteiger partial charge in [0, 0.05) is 6.42 Å². The molecule has 1 amide bonds. The van der Waals surface area contributed by atoms with Crippen molar-refractivity contribution in [1.29, 1.82) is 0 Å². The summed E-state index contributed by atoms with van der Waals surface area (Å²) in [6.07, 6.45) is 1.72. The first-order valence-electron chi connectivity index (χ1n) is 7.47. The van der Waals surface area contributed by atoms with Crippen molar-refractivity contribution in [3.63, 3.8) is 0 Å². The van der Waals surface area contributed by atoms with Gasteiger partial charge in [-0.25, -0.2) is 5.48 Å². The zero-order valence-corrected chi connectivity index (χ0v) is 12.4. The van der Waals surface area contributed by atoms with Gasteiger partial charge in [0.15, 0.2) is 0 Å². The van der Waals surface area contributed by atoms with Crippen molar-refractivity contribution in [2.45, 2.75) is 31.8 Å². The summed E-state index contributed by atoms with van der Waals surface area (Å²) >= 11 is 0. The van der Waals surface area contributed by atoms with Crippen LogP contribution in [0.5, 0.6) is 0 Å². The van der Waals surface area contributed by atoms with Crippen molar-refractivity contribution < 1.29 is 15.1 Å². The molecule has 2 aromatic rings. The van der Waals surface area contributed by atoms with Gasteiger partial charge in [0.05, 0.1) is 6.10 Å². The summed E-state index contributed by atoms with van der Waals surface area (Å²) in [6.45, 7) is 0. The van der Waals surface area contributed by atoms with Crippen LogP contribution in [0.25, 0.3) is 11.1 Å². The average molecular weight is 299 g/mol. The number of hydroxylamine groups is 1. The van der Waals surface area contributed by atoms with Gasteiger partial charge in [0.2, 0.25) is 5.91 Å². The molecule has 116 valence electrons. The largest absolute Gasteiger partial charge is 0.388 e. The van der Waals surface area contributed by atoms with E-state index in [1.807, 2.05) is 42.5 Å². The van der Waals surface area contributed by atoms with Crippen LogP contribution in [0.1, 0.15) is 37.4 Å². The highest BCUT2D eigenvalue weighted by Crippen LogP contribution is 2.24. The van der Waals surface area contributed by atoms with Crippen LogP contribution in [0.3, 0.4) is 0 Å². The number of aliphatic hydroxyl groups is 1. The number of nitrogens with one attached hydrogen (secondary N) is 1. The molecule has 0 aliphatic rings. The van der Waals surface area contributed by atoms with E-state index in [2.05, 4.69) is 12.1 Å². The standard InChI is InChI=1S/C18H21NO3/c20-17(8-4-5-9-18(21)19-22)16-12-10-15(11-13-16)14-6-2-1-3-7-14/h1-3,6-7,10-13,17,20,22H,4-5,8-9H2,(H,19,21)/t17-/m1/s1. The Morgan fingerprint density at radius 3 is 2.23 bits per heavy atom. The summed E-state index contributed by atoms with van der Waals surface area (Å²) < 4.78 is 0. The van der Waals surface area contributed by atoms with E-state index in [1.165, 1.54) is 0 Å². The van der Waals surface area contributed by atoms with E-state index in [9.17, 15) is 9.90 Å². The maximum atomic E-state index is 10.9. The van der Waals surface area contributed by atoms with Crippen LogP contribution >= 0.6 is 0 Å². The van der Waals surface area contributed by atoms with E-state index in [-0.39, 0.29) is 12.3 Å². The van der Waals surface area contributed by atoms with E-state index in [0.717, 1.165) is 23.1 Å². The van der Waals surface area contributed by atoms with E-state index in [4.69, 9.17) is 5.21 Å². The Hall–Kier alpha value is -2.17. The third-order valence-electron chi connectivity index (χ3n) is 3.66.